The Morgan fingerprint density at radius 1 is 1.29 bits per heavy atom. The van der Waals surface area contributed by atoms with Crippen LogP contribution in [-0.4, -0.2) is 15.8 Å². The molecule has 2 aromatic carbocycles. The summed E-state index contributed by atoms with van der Waals surface area (Å²) in [6, 6.07) is 10.6. The number of anilines is 2. The van der Waals surface area contributed by atoms with E-state index >= 15 is 0 Å². The number of aromatic nitrogens is 2. The van der Waals surface area contributed by atoms with Crippen LogP contribution in [0.15, 0.2) is 36.4 Å². The smallest absolute Gasteiger partial charge is 0.323 e. The summed E-state index contributed by atoms with van der Waals surface area (Å²) < 4.78 is 1.82. The first-order valence-electron chi connectivity index (χ1n) is 7.73. The molecule has 0 aliphatic rings. The molecule has 0 atom stereocenters. The molecule has 124 valence electrons. The molecule has 1 heterocycles. The highest BCUT2D eigenvalue weighted by atomic mass is 35.5. The molecule has 2 N–H and O–H groups in total. The Kier molecular flexibility index (Phi) is 4.20. The van der Waals surface area contributed by atoms with E-state index in [0.29, 0.717) is 10.7 Å². The summed E-state index contributed by atoms with van der Waals surface area (Å²) in [6.07, 6.45) is 0.741. The van der Waals surface area contributed by atoms with Gasteiger partial charge in [0, 0.05) is 23.2 Å². The zero-order chi connectivity index (χ0) is 17.4. The van der Waals surface area contributed by atoms with E-state index in [1.165, 1.54) is 4.90 Å². The summed E-state index contributed by atoms with van der Waals surface area (Å²) in [4.78, 5) is 13.6. The fourth-order valence-electron chi connectivity index (χ4n) is 2.90. The number of carbonyl (C=O) groups is 1. The van der Waals surface area contributed by atoms with Crippen molar-refractivity contribution < 1.29 is 4.79 Å². The van der Waals surface area contributed by atoms with Gasteiger partial charge in [-0.2, -0.15) is 5.10 Å². The summed E-state index contributed by atoms with van der Waals surface area (Å²) in [5, 5.41) is 6.17. The first-order chi connectivity index (χ1) is 11.4. The van der Waals surface area contributed by atoms with Crippen LogP contribution in [0.5, 0.6) is 0 Å². The predicted molar refractivity (Wildman–Crippen MR) is 98.0 cm³/mol. The van der Waals surface area contributed by atoms with Gasteiger partial charge in [0.2, 0.25) is 0 Å². The monoisotopic (exact) mass is 342 g/mol. The maximum atomic E-state index is 12.2. The number of fused-ring (bicyclic) bond motifs is 1. The van der Waals surface area contributed by atoms with Gasteiger partial charge in [-0.05, 0) is 55.3 Å². The van der Waals surface area contributed by atoms with Crippen LogP contribution in [0.4, 0.5) is 16.2 Å². The van der Waals surface area contributed by atoms with E-state index in [1.807, 2.05) is 55.9 Å². The largest absolute Gasteiger partial charge is 0.351 e. The molecule has 0 spiro atoms. The molecule has 6 heteroatoms. The van der Waals surface area contributed by atoms with Crippen molar-refractivity contribution in [1.82, 2.24) is 9.78 Å². The Balaban J connectivity index is 2.17. The highest BCUT2D eigenvalue weighted by Gasteiger charge is 2.19. The third-order valence-electron chi connectivity index (χ3n) is 4.26. The molecule has 3 aromatic rings. The highest BCUT2D eigenvalue weighted by molar-refractivity contribution is 6.30. The topological polar surface area (TPSA) is 64.2 Å². The molecular weight excluding hydrogens is 324 g/mol. The standard InChI is InChI=1S/C18H19ClN4O/c1-4-12-9-13(19)5-8-17(12)23(18(20)24)14-6-7-15-11(2)22(3)21-16(15)10-14/h5-10H,4H2,1-3H3,(H2,20,24). The van der Waals surface area contributed by atoms with Crippen LogP contribution in [-0.2, 0) is 13.5 Å². The lowest BCUT2D eigenvalue weighted by atomic mass is 10.1. The van der Waals surface area contributed by atoms with Crippen LogP contribution in [0.25, 0.3) is 10.9 Å². The predicted octanol–water partition coefficient (Wildman–Crippen LogP) is 4.31. The molecule has 5 nitrogen and oxygen atoms in total. The van der Waals surface area contributed by atoms with E-state index < -0.39 is 6.03 Å². The van der Waals surface area contributed by atoms with E-state index in [2.05, 4.69) is 5.10 Å². The number of hydrogen-bond acceptors (Lipinski definition) is 2. The van der Waals surface area contributed by atoms with Crippen molar-refractivity contribution in [3.8, 4) is 0 Å². The van der Waals surface area contributed by atoms with Crippen LogP contribution in [0.2, 0.25) is 5.02 Å². The quantitative estimate of drug-likeness (QED) is 0.770. The van der Waals surface area contributed by atoms with E-state index in [-0.39, 0.29) is 0 Å². The molecule has 0 bridgehead atoms. The van der Waals surface area contributed by atoms with Gasteiger partial charge in [0.15, 0.2) is 0 Å². The summed E-state index contributed by atoms with van der Waals surface area (Å²) in [6.45, 7) is 4.02. The van der Waals surface area contributed by atoms with Crippen molar-refractivity contribution in [2.45, 2.75) is 20.3 Å². The minimum absolute atomic E-state index is 0.543. The Morgan fingerprint density at radius 3 is 2.71 bits per heavy atom. The summed E-state index contributed by atoms with van der Waals surface area (Å²) >= 11 is 6.08. The summed E-state index contributed by atoms with van der Waals surface area (Å²) in [5.41, 5.74) is 9.95. The van der Waals surface area contributed by atoms with Crippen LogP contribution in [0.1, 0.15) is 18.2 Å². The first kappa shape index (κ1) is 16.3. The average Bonchev–Trinajstić information content (AvgIpc) is 2.83. The SMILES string of the molecule is CCc1cc(Cl)ccc1N(C(N)=O)c1ccc2c(C)n(C)nc2c1. The number of benzene rings is 2. The molecule has 1 aromatic heterocycles. The van der Waals surface area contributed by atoms with Gasteiger partial charge in [0.05, 0.1) is 16.9 Å². The lowest BCUT2D eigenvalue weighted by molar-refractivity contribution is 0.256. The molecule has 0 aliphatic heterocycles. The number of rotatable bonds is 3. The zero-order valence-electron chi connectivity index (χ0n) is 13.9. The van der Waals surface area contributed by atoms with Crippen molar-refractivity contribution in [2.24, 2.45) is 12.8 Å². The zero-order valence-corrected chi connectivity index (χ0v) is 14.6. The number of nitrogens with two attached hydrogens (primary N) is 1. The van der Waals surface area contributed by atoms with E-state index in [0.717, 1.165) is 34.3 Å². The molecule has 0 saturated heterocycles. The van der Waals surface area contributed by atoms with Crippen LogP contribution in [0.3, 0.4) is 0 Å². The minimum atomic E-state index is -0.543. The number of hydrogen-bond donors (Lipinski definition) is 1. The van der Waals surface area contributed by atoms with Gasteiger partial charge in [-0.1, -0.05) is 18.5 Å². The number of carbonyl (C=O) groups excluding carboxylic acids is 1. The van der Waals surface area contributed by atoms with Crippen LogP contribution >= 0.6 is 11.6 Å². The minimum Gasteiger partial charge on any atom is -0.351 e. The molecule has 3 rings (SSSR count). The number of aryl methyl sites for hydroxylation is 3. The second-order valence-electron chi connectivity index (χ2n) is 5.71. The Morgan fingerprint density at radius 2 is 2.04 bits per heavy atom. The fraction of sp³-hybridized carbons (Fsp3) is 0.222. The number of primary amides is 1. The maximum Gasteiger partial charge on any atom is 0.323 e. The molecule has 0 unspecified atom stereocenters. The lowest BCUT2D eigenvalue weighted by Gasteiger charge is -2.23. The second kappa shape index (κ2) is 6.17. The highest BCUT2D eigenvalue weighted by Crippen LogP contribution is 2.33. The van der Waals surface area contributed by atoms with Crippen molar-refractivity contribution in [1.29, 1.82) is 0 Å². The number of nitrogens with zero attached hydrogens (tertiary/aromatic N) is 3. The summed E-state index contributed by atoms with van der Waals surface area (Å²) in [5.74, 6) is 0. The molecule has 0 radical (unpaired) electrons. The van der Waals surface area contributed by atoms with Crippen molar-refractivity contribution >= 4 is 39.9 Å². The first-order valence-corrected chi connectivity index (χ1v) is 8.11. The third-order valence-corrected chi connectivity index (χ3v) is 4.49. The molecule has 24 heavy (non-hydrogen) atoms. The Bertz CT molecular complexity index is 932. The Hall–Kier alpha value is -2.53. The van der Waals surface area contributed by atoms with Crippen LogP contribution in [0, 0.1) is 6.92 Å². The van der Waals surface area contributed by atoms with Gasteiger partial charge in [0.1, 0.15) is 0 Å². The third kappa shape index (κ3) is 2.71. The van der Waals surface area contributed by atoms with Gasteiger partial charge in [-0.15, -0.1) is 0 Å². The van der Waals surface area contributed by atoms with Crippen molar-refractivity contribution in [3.05, 3.63) is 52.7 Å². The van der Waals surface area contributed by atoms with Gasteiger partial charge < -0.3 is 5.73 Å². The molecule has 2 amide bonds. The molecule has 0 aliphatic carbocycles. The van der Waals surface area contributed by atoms with Crippen molar-refractivity contribution in [3.63, 3.8) is 0 Å². The van der Waals surface area contributed by atoms with Crippen LogP contribution < -0.4 is 10.6 Å². The van der Waals surface area contributed by atoms with E-state index in [4.69, 9.17) is 17.3 Å². The van der Waals surface area contributed by atoms with Gasteiger partial charge in [0.25, 0.3) is 0 Å². The average molecular weight is 343 g/mol. The summed E-state index contributed by atoms with van der Waals surface area (Å²) in [7, 11) is 1.90. The number of amides is 2. The van der Waals surface area contributed by atoms with Gasteiger partial charge >= 0.3 is 6.03 Å². The second-order valence-corrected chi connectivity index (χ2v) is 6.15. The maximum absolute atomic E-state index is 12.2. The van der Waals surface area contributed by atoms with Gasteiger partial charge in [-0.25, -0.2) is 4.79 Å². The number of halogens is 1. The van der Waals surface area contributed by atoms with Gasteiger partial charge in [-0.3, -0.25) is 9.58 Å². The molecule has 0 saturated carbocycles. The van der Waals surface area contributed by atoms with E-state index in [9.17, 15) is 4.79 Å². The lowest BCUT2D eigenvalue weighted by Crippen LogP contribution is -2.32. The van der Waals surface area contributed by atoms with Crippen molar-refractivity contribution in [2.75, 3.05) is 4.90 Å². The number of urea groups is 1. The normalized spacial score (nSPS) is 11.0. The molecular formula is C18H19ClN4O. The Labute approximate surface area is 145 Å². The van der Waals surface area contributed by atoms with E-state index in [1.54, 1.807) is 6.07 Å². The molecule has 0 fully saturated rings. The fourth-order valence-corrected chi connectivity index (χ4v) is 3.09.